The van der Waals surface area contributed by atoms with Crippen LogP contribution in [0, 0.1) is 5.41 Å². The van der Waals surface area contributed by atoms with Crippen LogP contribution in [-0.4, -0.2) is 37.7 Å². The third kappa shape index (κ3) is 4.60. The maximum Gasteiger partial charge on any atom is 0.0472 e. The van der Waals surface area contributed by atoms with Crippen molar-refractivity contribution >= 4 is 11.6 Å². The number of hydrazine groups is 1. The summed E-state index contributed by atoms with van der Waals surface area (Å²) in [6, 6.07) is 0. The van der Waals surface area contributed by atoms with Crippen LogP contribution in [0.4, 0.5) is 0 Å². The molecule has 0 amide bonds. The lowest BCUT2D eigenvalue weighted by molar-refractivity contribution is 0.0107. The average molecular weight is 223 g/mol. The van der Waals surface area contributed by atoms with Gasteiger partial charge in [0.05, 0.1) is 0 Å². The molecule has 1 aliphatic rings. The summed E-state index contributed by atoms with van der Waals surface area (Å²) in [4.78, 5) is 0. The Morgan fingerprint density at radius 2 is 1.86 bits per heavy atom. The minimum absolute atomic E-state index is 0.184. The molecule has 3 nitrogen and oxygen atoms in total. The van der Waals surface area contributed by atoms with Crippen molar-refractivity contribution in [1.29, 1.82) is 0 Å². The number of ether oxygens (including phenoxy) is 1. The number of rotatable bonds is 3. The third-order valence-corrected chi connectivity index (χ3v) is 2.99. The standard InChI is InChI=1S/C8H17ClN2O.C2H6/c1-11(10)7-8(6-9)2-4-12-5-3-8;1-2/h2-7,10H2,1H3;1-2H3. The van der Waals surface area contributed by atoms with Crippen molar-refractivity contribution in [2.75, 3.05) is 32.7 Å². The molecule has 4 heteroatoms. The van der Waals surface area contributed by atoms with Gasteiger partial charge in [0.15, 0.2) is 0 Å². The number of hydrogen-bond donors (Lipinski definition) is 1. The molecule has 0 atom stereocenters. The highest BCUT2D eigenvalue weighted by Crippen LogP contribution is 2.31. The predicted molar refractivity (Wildman–Crippen MR) is 61.4 cm³/mol. The smallest absolute Gasteiger partial charge is 0.0472 e. The summed E-state index contributed by atoms with van der Waals surface area (Å²) in [5.74, 6) is 6.30. The third-order valence-electron chi connectivity index (χ3n) is 2.42. The zero-order valence-electron chi connectivity index (χ0n) is 9.55. The van der Waals surface area contributed by atoms with Crippen LogP contribution in [0.25, 0.3) is 0 Å². The topological polar surface area (TPSA) is 38.5 Å². The van der Waals surface area contributed by atoms with Gasteiger partial charge in [0.2, 0.25) is 0 Å². The lowest BCUT2D eigenvalue weighted by Gasteiger charge is -2.37. The predicted octanol–water partition coefficient (Wildman–Crippen LogP) is 1.85. The van der Waals surface area contributed by atoms with E-state index < -0.39 is 0 Å². The molecule has 1 aliphatic heterocycles. The number of nitrogens with two attached hydrogens (primary N) is 1. The Kier molecular flexibility index (Phi) is 7.55. The molecule has 0 radical (unpaired) electrons. The van der Waals surface area contributed by atoms with Crippen LogP contribution in [0.1, 0.15) is 26.7 Å². The summed E-state index contributed by atoms with van der Waals surface area (Å²) >= 11 is 5.94. The molecular formula is C10H23ClN2O. The van der Waals surface area contributed by atoms with E-state index in [2.05, 4.69) is 0 Å². The summed E-state index contributed by atoms with van der Waals surface area (Å²) in [6.07, 6.45) is 2.05. The van der Waals surface area contributed by atoms with E-state index in [1.54, 1.807) is 5.01 Å². The lowest BCUT2D eigenvalue weighted by Crippen LogP contribution is -2.43. The lowest BCUT2D eigenvalue weighted by atomic mass is 9.82. The average Bonchev–Trinajstić information content (AvgIpc) is 2.21. The number of nitrogens with zero attached hydrogens (tertiary/aromatic N) is 1. The molecule has 86 valence electrons. The Hall–Kier alpha value is 0.170. The van der Waals surface area contributed by atoms with Gasteiger partial charge in [0.25, 0.3) is 0 Å². The zero-order chi connectivity index (χ0) is 11.0. The Morgan fingerprint density at radius 3 is 2.21 bits per heavy atom. The van der Waals surface area contributed by atoms with Gasteiger partial charge in [-0.2, -0.15) is 0 Å². The molecular weight excluding hydrogens is 200 g/mol. The molecule has 0 aromatic heterocycles. The summed E-state index contributed by atoms with van der Waals surface area (Å²) < 4.78 is 5.29. The van der Waals surface area contributed by atoms with E-state index in [-0.39, 0.29) is 5.41 Å². The van der Waals surface area contributed by atoms with Crippen LogP contribution in [0.2, 0.25) is 0 Å². The summed E-state index contributed by atoms with van der Waals surface area (Å²) in [6.45, 7) is 6.50. The van der Waals surface area contributed by atoms with E-state index in [1.165, 1.54) is 0 Å². The summed E-state index contributed by atoms with van der Waals surface area (Å²) in [5.41, 5.74) is 0.184. The van der Waals surface area contributed by atoms with Crippen molar-refractivity contribution in [1.82, 2.24) is 5.01 Å². The number of alkyl halides is 1. The number of hydrogen-bond acceptors (Lipinski definition) is 3. The Bertz CT molecular complexity index is 136. The van der Waals surface area contributed by atoms with Crippen molar-refractivity contribution < 1.29 is 4.74 Å². The van der Waals surface area contributed by atoms with Gasteiger partial charge in [-0.25, -0.2) is 5.01 Å². The highest BCUT2D eigenvalue weighted by Gasteiger charge is 2.32. The molecule has 0 aromatic rings. The summed E-state index contributed by atoms with van der Waals surface area (Å²) in [7, 11) is 1.88. The van der Waals surface area contributed by atoms with E-state index in [1.807, 2.05) is 20.9 Å². The fourth-order valence-electron chi connectivity index (χ4n) is 1.67. The molecule has 0 saturated carbocycles. The minimum Gasteiger partial charge on any atom is -0.381 e. The molecule has 0 unspecified atom stereocenters. The van der Waals surface area contributed by atoms with Gasteiger partial charge < -0.3 is 4.74 Å². The van der Waals surface area contributed by atoms with Gasteiger partial charge in [-0.05, 0) is 12.8 Å². The first-order chi connectivity index (χ1) is 6.68. The van der Waals surface area contributed by atoms with Gasteiger partial charge in [0.1, 0.15) is 0 Å². The Morgan fingerprint density at radius 1 is 1.36 bits per heavy atom. The SMILES string of the molecule is CC.CN(N)CC1(CCl)CCOCC1. The van der Waals surface area contributed by atoms with Crippen LogP contribution in [-0.2, 0) is 4.74 Å². The first-order valence-corrected chi connectivity index (χ1v) is 5.81. The highest BCUT2D eigenvalue weighted by molar-refractivity contribution is 6.18. The van der Waals surface area contributed by atoms with E-state index in [0.717, 1.165) is 32.6 Å². The van der Waals surface area contributed by atoms with Gasteiger partial charge in [-0.15, -0.1) is 11.6 Å². The van der Waals surface area contributed by atoms with Crippen LogP contribution in [0.3, 0.4) is 0 Å². The van der Waals surface area contributed by atoms with E-state index in [9.17, 15) is 0 Å². The van der Waals surface area contributed by atoms with Crippen LogP contribution >= 0.6 is 11.6 Å². The van der Waals surface area contributed by atoms with Crippen molar-refractivity contribution in [3.8, 4) is 0 Å². The van der Waals surface area contributed by atoms with Gasteiger partial charge in [-0.1, -0.05) is 13.8 Å². The second kappa shape index (κ2) is 7.46. The van der Waals surface area contributed by atoms with E-state index in [0.29, 0.717) is 5.88 Å². The van der Waals surface area contributed by atoms with Crippen LogP contribution in [0.15, 0.2) is 0 Å². The zero-order valence-corrected chi connectivity index (χ0v) is 10.3. The molecule has 0 bridgehead atoms. The van der Waals surface area contributed by atoms with Crippen LogP contribution < -0.4 is 5.84 Å². The molecule has 1 fully saturated rings. The largest absolute Gasteiger partial charge is 0.381 e. The van der Waals surface area contributed by atoms with Crippen molar-refractivity contribution in [2.24, 2.45) is 11.3 Å². The van der Waals surface area contributed by atoms with E-state index in [4.69, 9.17) is 22.2 Å². The molecule has 1 saturated heterocycles. The quantitative estimate of drug-likeness (QED) is 0.450. The molecule has 1 rings (SSSR count). The monoisotopic (exact) mass is 222 g/mol. The molecule has 0 aliphatic carbocycles. The Labute approximate surface area is 92.5 Å². The van der Waals surface area contributed by atoms with Crippen molar-refractivity contribution in [3.63, 3.8) is 0 Å². The van der Waals surface area contributed by atoms with Crippen LogP contribution in [0.5, 0.6) is 0 Å². The number of halogens is 1. The highest BCUT2D eigenvalue weighted by atomic mass is 35.5. The molecule has 1 heterocycles. The molecule has 0 spiro atoms. The fraction of sp³-hybridized carbons (Fsp3) is 1.00. The van der Waals surface area contributed by atoms with Gasteiger partial charge in [-0.3, -0.25) is 5.84 Å². The van der Waals surface area contributed by atoms with Crippen molar-refractivity contribution in [2.45, 2.75) is 26.7 Å². The Balaban J connectivity index is 0.000000791. The molecule has 14 heavy (non-hydrogen) atoms. The van der Waals surface area contributed by atoms with Gasteiger partial charge >= 0.3 is 0 Å². The first kappa shape index (κ1) is 14.2. The molecule has 2 N–H and O–H groups in total. The van der Waals surface area contributed by atoms with Crippen molar-refractivity contribution in [3.05, 3.63) is 0 Å². The van der Waals surface area contributed by atoms with Gasteiger partial charge in [0, 0.05) is 38.1 Å². The second-order valence-corrected chi connectivity index (χ2v) is 3.93. The maximum absolute atomic E-state index is 5.94. The normalized spacial score (nSPS) is 20.1. The maximum atomic E-state index is 5.94. The summed E-state index contributed by atoms with van der Waals surface area (Å²) in [5, 5.41) is 1.72. The minimum atomic E-state index is 0.184. The fourth-order valence-corrected chi connectivity index (χ4v) is 2.02. The first-order valence-electron chi connectivity index (χ1n) is 5.28. The van der Waals surface area contributed by atoms with E-state index >= 15 is 0 Å². The molecule has 0 aromatic carbocycles. The second-order valence-electron chi connectivity index (χ2n) is 3.66.